The first-order valence-corrected chi connectivity index (χ1v) is 60.0. The molecular weight excluding hydrogens is 1810 g/mol. The highest BCUT2D eigenvalue weighted by Gasteiger charge is 2.59. The van der Waals surface area contributed by atoms with Gasteiger partial charge in [0.05, 0.1) is 39.6 Å². The van der Waals surface area contributed by atoms with Gasteiger partial charge >= 0.3 is 0 Å². The lowest BCUT2D eigenvalue weighted by molar-refractivity contribution is 0.0512. The Morgan fingerprint density at radius 2 is 0.671 bits per heavy atom. The first kappa shape index (κ1) is 107. The third-order valence-electron chi connectivity index (χ3n) is 40.4. The summed E-state index contributed by atoms with van der Waals surface area (Å²) in [6.45, 7) is 35.9. The van der Waals surface area contributed by atoms with Crippen molar-refractivity contribution in [1.82, 2.24) is 25.3 Å². The third kappa shape index (κ3) is 23.5. The summed E-state index contributed by atoms with van der Waals surface area (Å²) in [5.41, 5.74) is 25.3. The van der Waals surface area contributed by atoms with E-state index in [1.165, 1.54) is 218 Å². The number of phenols is 4. The van der Waals surface area contributed by atoms with Gasteiger partial charge in [-0.25, -0.2) is 0 Å². The number of hydrogen-bond donors (Lipinski definition) is 7. The van der Waals surface area contributed by atoms with Gasteiger partial charge < -0.3 is 69.5 Å². The quantitative estimate of drug-likeness (QED) is 0.0115. The van der Waals surface area contributed by atoms with E-state index >= 15 is 0 Å². The third-order valence-corrected chi connectivity index (χ3v) is 45.0. The second-order valence-corrected chi connectivity index (χ2v) is 55.0. The average Bonchev–Trinajstić information content (AvgIpc) is 1.59. The molecule has 10 saturated carbocycles. The maximum Gasteiger partial charge on any atom is 0.250 e. The predicted molar refractivity (Wildman–Crippen MR) is 584 cm³/mol. The molecule has 770 valence electrons. The number of likely N-dealkylation sites (N-methyl/N-ethyl adjacent to an activating group) is 1. The summed E-state index contributed by atoms with van der Waals surface area (Å²) in [5.74, 6) is 14.6. The molecule has 14 nitrogen and oxygen atoms in total. The zero-order valence-electron chi connectivity index (χ0n) is 89.5. The number of aryl methyl sites for hydroxylation is 5. The number of ether oxygens (including phenoxy) is 3. The minimum atomic E-state index is -1.78. The van der Waals surface area contributed by atoms with Crippen molar-refractivity contribution in [2.75, 3.05) is 140 Å². The standard InChI is InChI=1S/C26H39BrOSi.C26H39NO3.C25H38N2O.C25H37NO2.C22H31NO2/c1-25(2,3)29(5,6)28-20-9-11-21-18(17-20)7-10-23-22(21)13-15-26(4)19(14-16-27)8-12-24(23)26;1-26-12-10-23-22-8-6-21(28)18-19(22)4-7-24(23)25(26)9-5-20(26)11-14-29-16-17-30-15-13-27(2)3;1-25-13-11-22-21-9-7-20(28)17-18(21)5-8-23(22)24(25)10-6-19(25)12-15-26-14-4-16-27(2)3;1-25-13-11-22-21-9-7-20(27)17-18(21)5-8-23(22)24(25)10-6-19(25)12-16-28-15-4-14-26(2)3;1-22-10-8-19-18-6-4-17(25)14-15(18)2-5-20(19)21(22)7-3-16(22)9-11-23-12-13-24/h9,11,14,17,22-24H,7-8,10,12-13,15-16H2,1-6H3;6,8,11,18,23-25,28H,4-5,7,9-10,12-17H2,1-3H3;7,9,12,17,22-24,26,28H,4-6,8,10-11,13-16H2,1-3H3;7,9,12,17,22-24,27H,4-6,8,10-11,13-16H2,1-3H3;4,6,9,14,19-21,23-25H,2-3,5,7-8,10-13H2,1H3/b19-14+;20-11+;2*19-12+;16-9+. The van der Waals surface area contributed by atoms with Gasteiger partial charge in [0, 0.05) is 38.1 Å². The molecule has 15 aliphatic rings. The molecule has 0 aromatic heterocycles. The van der Waals surface area contributed by atoms with Crippen molar-refractivity contribution in [2.45, 2.75) is 309 Å². The number of aliphatic hydroxyl groups is 1. The number of alkyl halides is 1. The van der Waals surface area contributed by atoms with Crippen LogP contribution in [0.15, 0.2) is 149 Å². The lowest BCUT2D eigenvalue weighted by atomic mass is 9.55. The van der Waals surface area contributed by atoms with Gasteiger partial charge in [0.1, 0.15) is 28.7 Å². The number of fused-ring (bicyclic) bond motifs is 25. The molecule has 0 heterocycles. The molecule has 20 rings (SSSR count). The highest BCUT2D eigenvalue weighted by atomic mass is 79.9. The van der Waals surface area contributed by atoms with Crippen molar-refractivity contribution < 1.29 is 44.2 Å². The Balaban J connectivity index is 0.000000126. The van der Waals surface area contributed by atoms with Crippen LogP contribution in [0.25, 0.3) is 0 Å². The smallest absolute Gasteiger partial charge is 0.250 e. The molecule has 20 unspecified atom stereocenters. The Kier molecular flexibility index (Phi) is 35.6. The minimum absolute atomic E-state index is 0.210. The molecular formula is C124H184BrN5O9Si. The van der Waals surface area contributed by atoms with Gasteiger partial charge in [0.15, 0.2) is 0 Å². The average molecular weight is 2000 g/mol. The van der Waals surface area contributed by atoms with Crippen molar-refractivity contribution in [2.24, 2.45) is 86.3 Å². The highest BCUT2D eigenvalue weighted by molar-refractivity contribution is 9.09. The van der Waals surface area contributed by atoms with E-state index in [1.54, 1.807) is 39.0 Å². The molecule has 5 aromatic carbocycles. The summed E-state index contributed by atoms with van der Waals surface area (Å²) in [4.78, 5) is 6.60. The number of nitrogens with one attached hydrogen (secondary N) is 2. The number of nitrogens with zero attached hydrogens (tertiary/aromatic N) is 3. The van der Waals surface area contributed by atoms with Gasteiger partial charge in [-0.05, 0) is 518 Å². The minimum Gasteiger partial charge on any atom is -0.543 e. The first-order valence-electron chi connectivity index (χ1n) is 56.0. The second kappa shape index (κ2) is 46.7. The molecule has 16 heteroatoms. The predicted octanol–water partition coefficient (Wildman–Crippen LogP) is 26.6. The molecule has 5 aromatic rings. The van der Waals surface area contributed by atoms with Crippen LogP contribution in [0.4, 0.5) is 0 Å². The number of benzene rings is 5. The van der Waals surface area contributed by atoms with E-state index < -0.39 is 8.32 Å². The summed E-state index contributed by atoms with van der Waals surface area (Å²) in [6, 6.07) is 31.5. The van der Waals surface area contributed by atoms with E-state index in [0.29, 0.717) is 100 Å². The van der Waals surface area contributed by atoms with E-state index in [9.17, 15) is 20.4 Å². The maximum atomic E-state index is 9.87. The van der Waals surface area contributed by atoms with E-state index in [0.717, 1.165) is 167 Å². The van der Waals surface area contributed by atoms with Crippen molar-refractivity contribution in [1.29, 1.82) is 0 Å². The van der Waals surface area contributed by atoms with Crippen LogP contribution in [0, 0.1) is 86.3 Å². The number of aromatic hydroxyl groups is 4. The maximum absolute atomic E-state index is 9.87. The SMILES string of the molecule is CC12CCC3c4ccc(O)cc4CCC3C1CC/C2=C\CNCCO.CC12CCC3c4ccc(O[Si](C)(C)C(C)(C)C)cc4CCC3C1CC/C2=C\CBr.CN(C)CCCNC/C=C1\CCC2C3CCc4cc(O)ccc4C3CCC12C.CN(C)CCCOC/C=C1\CCC2C3CCc4cc(O)ccc4C3CCC12C.CN(C)CCOCCOC/C=C1\CCC2C3CCc4cc(O)ccc4C3CCC12C. The van der Waals surface area contributed by atoms with Crippen LogP contribution in [0.3, 0.4) is 0 Å². The van der Waals surface area contributed by atoms with Crippen molar-refractivity contribution in [3.05, 3.63) is 205 Å². The number of rotatable bonds is 27. The lowest BCUT2D eigenvalue weighted by Crippen LogP contribution is -2.44. The van der Waals surface area contributed by atoms with Gasteiger partial charge in [-0.1, -0.05) is 160 Å². The normalized spacial score (nSPS) is 33.1. The van der Waals surface area contributed by atoms with Crippen LogP contribution in [-0.4, -0.2) is 188 Å². The molecule has 0 amide bonds. The molecule has 0 aliphatic heterocycles. The first-order chi connectivity index (χ1) is 67.2. The van der Waals surface area contributed by atoms with Gasteiger partial charge in [-0.2, -0.15) is 0 Å². The fourth-order valence-electron chi connectivity index (χ4n) is 32.0. The molecule has 0 saturated heterocycles. The lowest BCUT2D eigenvalue weighted by Gasteiger charge is -2.49. The topological polar surface area (TPSA) is 172 Å². The van der Waals surface area contributed by atoms with E-state index in [4.69, 9.17) is 23.7 Å². The van der Waals surface area contributed by atoms with Gasteiger partial charge in [0.25, 0.3) is 0 Å². The largest absolute Gasteiger partial charge is 0.543 e. The number of allylic oxidation sites excluding steroid dienone is 6. The Morgan fingerprint density at radius 3 is 1.01 bits per heavy atom. The number of halogens is 1. The number of phenolic OH excluding ortho intramolecular Hbond substituents is 4. The van der Waals surface area contributed by atoms with Crippen LogP contribution in [0.1, 0.15) is 314 Å². The van der Waals surface area contributed by atoms with Gasteiger partial charge in [-0.15, -0.1) is 0 Å². The molecule has 15 aliphatic carbocycles. The summed E-state index contributed by atoms with van der Waals surface area (Å²) in [6.07, 6.45) is 53.0. The second-order valence-electron chi connectivity index (χ2n) is 49.6. The Morgan fingerprint density at radius 1 is 0.364 bits per heavy atom. The molecule has 10 fully saturated rings. The fourth-order valence-corrected chi connectivity index (χ4v) is 33.4. The summed E-state index contributed by atoms with van der Waals surface area (Å²) < 4.78 is 24.0. The van der Waals surface area contributed by atoms with Gasteiger partial charge in [0.2, 0.25) is 8.32 Å². The summed E-state index contributed by atoms with van der Waals surface area (Å²) in [5, 5.41) is 56.5. The zero-order valence-corrected chi connectivity index (χ0v) is 92.1. The molecule has 7 N–H and O–H groups in total. The summed E-state index contributed by atoms with van der Waals surface area (Å²) in [7, 11) is 10.9. The van der Waals surface area contributed by atoms with Crippen LogP contribution in [0.5, 0.6) is 28.7 Å². The van der Waals surface area contributed by atoms with E-state index in [-0.39, 0.29) is 11.6 Å². The molecule has 140 heavy (non-hydrogen) atoms. The van der Waals surface area contributed by atoms with Crippen LogP contribution in [0.2, 0.25) is 18.1 Å². The van der Waals surface area contributed by atoms with E-state index in [2.05, 4.69) is 225 Å². The van der Waals surface area contributed by atoms with Crippen LogP contribution < -0.4 is 15.1 Å². The molecule has 0 bridgehead atoms. The monoisotopic (exact) mass is 1990 g/mol. The van der Waals surface area contributed by atoms with Crippen LogP contribution >= 0.6 is 15.9 Å². The Bertz CT molecular complexity index is 5020. The highest BCUT2D eigenvalue weighted by Crippen LogP contribution is 2.69. The number of aliphatic hydroxyl groups excluding tert-OH is 1. The summed E-state index contributed by atoms with van der Waals surface area (Å²) >= 11 is 3.64. The molecule has 20 atom stereocenters. The van der Waals surface area contributed by atoms with Crippen LogP contribution in [-0.2, 0) is 46.3 Å². The number of hydrogen-bond acceptors (Lipinski definition) is 14. The van der Waals surface area contributed by atoms with Crippen molar-refractivity contribution in [3.63, 3.8) is 0 Å². The Labute approximate surface area is 856 Å². The fraction of sp³-hybridized carbons (Fsp3) is 0.677. The van der Waals surface area contributed by atoms with Gasteiger partial charge in [-0.3, -0.25) is 0 Å². The molecule has 0 spiro atoms. The van der Waals surface area contributed by atoms with Crippen molar-refractivity contribution >= 4 is 24.2 Å². The van der Waals surface area contributed by atoms with Crippen molar-refractivity contribution in [3.8, 4) is 28.7 Å². The van der Waals surface area contributed by atoms with E-state index in [1.807, 2.05) is 48.5 Å². The Hall–Kier alpha value is -5.86. The zero-order chi connectivity index (χ0) is 99.1. The molecule has 0 radical (unpaired) electrons.